The van der Waals surface area contributed by atoms with E-state index in [1.807, 2.05) is 31.2 Å². The van der Waals surface area contributed by atoms with Crippen molar-refractivity contribution in [2.45, 2.75) is 6.92 Å². The van der Waals surface area contributed by atoms with Crippen molar-refractivity contribution in [3.05, 3.63) is 72.6 Å². The van der Waals surface area contributed by atoms with Crippen LogP contribution in [0.1, 0.15) is 5.82 Å². The third-order valence-corrected chi connectivity index (χ3v) is 4.77. The fourth-order valence-electron chi connectivity index (χ4n) is 2.58. The molecule has 3 heteroatoms. The van der Waals surface area contributed by atoms with E-state index in [9.17, 15) is 0 Å². The molecule has 0 amide bonds. The Kier molecular flexibility index (Phi) is 3.20. The van der Waals surface area contributed by atoms with Crippen molar-refractivity contribution in [2.75, 3.05) is 0 Å². The van der Waals surface area contributed by atoms with E-state index in [-0.39, 0.29) is 0 Å². The Hall–Kier alpha value is -2.52. The molecule has 0 fully saturated rings. The van der Waals surface area contributed by atoms with Crippen molar-refractivity contribution in [3.63, 3.8) is 0 Å². The van der Waals surface area contributed by atoms with Gasteiger partial charge in [-0.1, -0.05) is 60.7 Å². The Balaban J connectivity index is 1.97. The quantitative estimate of drug-likeness (QED) is 0.500. The van der Waals surface area contributed by atoms with Crippen molar-refractivity contribution < 1.29 is 0 Å². The van der Waals surface area contributed by atoms with Crippen LogP contribution in [0.5, 0.6) is 0 Å². The van der Waals surface area contributed by atoms with E-state index < -0.39 is 0 Å². The average molecular weight is 302 g/mol. The van der Waals surface area contributed by atoms with Crippen LogP contribution in [0.25, 0.3) is 31.9 Å². The second-order valence-corrected chi connectivity index (χ2v) is 6.23. The lowest BCUT2D eigenvalue weighted by Crippen LogP contribution is -1.91. The number of benzene rings is 2. The van der Waals surface area contributed by atoms with E-state index >= 15 is 0 Å². The molecule has 106 valence electrons. The first-order valence-electron chi connectivity index (χ1n) is 7.20. The summed E-state index contributed by atoms with van der Waals surface area (Å²) in [7, 11) is 0. The predicted molar refractivity (Wildman–Crippen MR) is 93.0 cm³/mol. The second-order valence-electron chi connectivity index (χ2n) is 5.18. The minimum Gasteiger partial charge on any atom is -0.232 e. The molecule has 4 aromatic rings. The molecule has 0 saturated carbocycles. The van der Waals surface area contributed by atoms with Gasteiger partial charge in [-0.05, 0) is 18.6 Å². The normalized spacial score (nSPS) is 11.0. The van der Waals surface area contributed by atoms with Crippen molar-refractivity contribution in [1.29, 1.82) is 0 Å². The van der Waals surface area contributed by atoms with E-state index in [4.69, 9.17) is 0 Å². The molecule has 0 aliphatic rings. The van der Waals surface area contributed by atoms with Gasteiger partial charge in [0.2, 0.25) is 0 Å². The van der Waals surface area contributed by atoms with Crippen LogP contribution in [0.3, 0.4) is 0 Å². The molecule has 2 heterocycles. The van der Waals surface area contributed by atoms with E-state index in [2.05, 4.69) is 52.4 Å². The molecule has 0 atom stereocenters. The van der Waals surface area contributed by atoms with Crippen molar-refractivity contribution in [3.8, 4) is 21.7 Å². The summed E-state index contributed by atoms with van der Waals surface area (Å²) in [6, 6.07) is 22.9. The monoisotopic (exact) mass is 302 g/mol. The Morgan fingerprint density at radius 3 is 2.09 bits per heavy atom. The molecule has 0 spiro atoms. The van der Waals surface area contributed by atoms with E-state index in [1.165, 1.54) is 10.4 Å². The van der Waals surface area contributed by atoms with E-state index in [1.54, 1.807) is 11.3 Å². The highest BCUT2D eigenvalue weighted by molar-refractivity contribution is 7.22. The topological polar surface area (TPSA) is 25.8 Å². The zero-order valence-corrected chi connectivity index (χ0v) is 13.0. The molecule has 0 radical (unpaired) electrons. The maximum atomic E-state index is 4.68. The number of aryl methyl sites for hydroxylation is 1. The molecule has 2 aromatic heterocycles. The second kappa shape index (κ2) is 5.35. The minimum absolute atomic E-state index is 0.809. The first kappa shape index (κ1) is 13.2. The first-order chi connectivity index (χ1) is 10.8. The molecule has 0 N–H and O–H groups in total. The van der Waals surface area contributed by atoms with Crippen LogP contribution in [0.4, 0.5) is 0 Å². The molecule has 2 nitrogen and oxygen atoms in total. The number of nitrogens with zero attached hydrogens (tertiary/aromatic N) is 2. The van der Waals surface area contributed by atoms with Gasteiger partial charge >= 0.3 is 0 Å². The standard InChI is InChI=1S/C19H14N2S/c1-13-20-16-12-17(14-8-4-2-5-9-14)22-19(16)18(21-13)15-10-6-3-7-11-15/h2-12H,1H3. The number of fused-ring (bicyclic) bond motifs is 1. The predicted octanol–water partition coefficient (Wildman–Crippen LogP) is 5.33. The van der Waals surface area contributed by atoms with Gasteiger partial charge < -0.3 is 0 Å². The number of aromatic nitrogens is 2. The van der Waals surface area contributed by atoms with Crippen LogP contribution < -0.4 is 0 Å². The van der Waals surface area contributed by atoms with Gasteiger partial charge in [0, 0.05) is 10.4 Å². The molecule has 0 bridgehead atoms. The lowest BCUT2D eigenvalue weighted by Gasteiger charge is -2.03. The summed E-state index contributed by atoms with van der Waals surface area (Å²) < 4.78 is 1.15. The highest BCUT2D eigenvalue weighted by Gasteiger charge is 2.12. The molecule has 4 rings (SSSR count). The lowest BCUT2D eigenvalue weighted by atomic mass is 10.1. The van der Waals surface area contributed by atoms with Gasteiger partial charge in [-0.15, -0.1) is 11.3 Å². The maximum Gasteiger partial charge on any atom is 0.126 e. The number of thiophene rings is 1. The van der Waals surface area contributed by atoms with Gasteiger partial charge in [-0.2, -0.15) is 0 Å². The largest absolute Gasteiger partial charge is 0.232 e. The van der Waals surface area contributed by atoms with E-state index in [0.29, 0.717) is 0 Å². The van der Waals surface area contributed by atoms with Gasteiger partial charge in [-0.3, -0.25) is 0 Å². The average Bonchev–Trinajstić information content (AvgIpc) is 2.99. The van der Waals surface area contributed by atoms with E-state index in [0.717, 1.165) is 27.3 Å². The molecular weight excluding hydrogens is 288 g/mol. The summed E-state index contributed by atoms with van der Waals surface area (Å²) in [6.45, 7) is 1.95. The lowest BCUT2D eigenvalue weighted by molar-refractivity contribution is 1.10. The Morgan fingerprint density at radius 1 is 0.773 bits per heavy atom. The van der Waals surface area contributed by atoms with Gasteiger partial charge in [0.05, 0.1) is 15.9 Å². The van der Waals surface area contributed by atoms with Crippen LogP contribution in [-0.2, 0) is 0 Å². The molecule has 0 unspecified atom stereocenters. The van der Waals surface area contributed by atoms with Crippen LogP contribution in [-0.4, -0.2) is 9.97 Å². The fourth-order valence-corrected chi connectivity index (χ4v) is 3.70. The zero-order valence-electron chi connectivity index (χ0n) is 12.2. The molecule has 0 aliphatic carbocycles. The minimum atomic E-state index is 0.809. The van der Waals surface area contributed by atoms with Gasteiger partial charge in [0.15, 0.2) is 0 Å². The van der Waals surface area contributed by atoms with Crippen LogP contribution in [0, 0.1) is 6.92 Å². The van der Waals surface area contributed by atoms with Gasteiger partial charge in [0.25, 0.3) is 0 Å². The Labute approximate surface area is 133 Å². The zero-order chi connectivity index (χ0) is 14.9. The summed E-state index contributed by atoms with van der Waals surface area (Å²) >= 11 is 1.76. The van der Waals surface area contributed by atoms with Crippen molar-refractivity contribution >= 4 is 21.6 Å². The SMILES string of the molecule is Cc1nc(-c2ccccc2)c2sc(-c3ccccc3)cc2n1. The smallest absolute Gasteiger partial charge is 0.126 e. The van der Waals surface area contributed by atoms with Gasteiger partial charge in [-0.25, -0.2) is 9.97 Å². The van der Waals surface area contributed by atoms with Crippen LogP contribution in [0.2, 0.25) is 0 Å². The fraction of sp³-hybridized carbons (Fsp3) is 0.0526. The van der Waals surface area contributed by atoms with Crippen molar-refractivity contribution in [1.82, 2.24) is 9.97 Å². The molecule has 0 saturated heterocycles. The number of hydrogen-bond acceptors (Lipinski definition) is 3. The summed E-state index contributed by atoms with van der Waals surface area (Å²) in [4.78, 5) is 10.5. The summed E-state index contributed by atoms with van der Waals surface area (Å²) in [5.74, 6) is 0.809. The maximum absolute atomic E-state index is 4.68. The molecule has 0 aliphatic heterocycles. The molecule has 22 heavy (non-hydrogen) atoms. The molecular formula is C19H14N2S. The van der Waals surface area contributed by atoms with Crippen molar-refractivity contribution in [2.24, 2.45) is 0 Å². The number of rotatable bonds is 2. The number of hydrogen-bond donors (Lipinski definition) is 0. The summed E-state index contributed by atoms with van der Waals surface area (Å²) in [5, 5.41) is 0. The summed E-state index contributed by atoms with van der Waals surface area (Å²) in [5.41, 5.74) is 4.41. The Bertz CT molecular complexity index is 928. The van der Waals surface area contributed by atoms with Crippen LogP contribution >= 0.6 is 11.3 Å². The highest BCUT2D eigenvalue weighted by atomic mass is 32.1. The van der Waals surface area contributed by atoms with Gasteiger partial charge in [0.1, 0.15) is 5.82 Å². The summed E-state index contributed by atoms with van der Waals surface area (Å²) in [6.07, 6.45) is 0. The Morgan fingerprint density at radius 2 is 1.41 bits per heavy atom. The first-order valence-corrected chi connectivity index (χ1v) is 8.02. The highest BCUT2D eigenvalue weighted by Crippen LogP contribution is 2.37. The third-order valence-electron chi connectivity index (χ3n) is 3.59. The molecule has 2 aromatic carbocycles. The van der Waals surface area contributed by atoms with Crippen LogP contribution in [0.15, 0.2) is 66.7 Å². The third kappa shape index (κ3) is 2.30.